The topological polar surface area (TPSA) is 46.3 Å². The van der Waals surface area contributed by atoms with Gasteiger partial charge in [-0.05, 0) is 37.5 Å². The van der Waals surface area contributed by atoms with Crippen molar-refractivity contribution >= 4 is 17.0 Å². The third-order valence-electron chi connectivity index (χ3n) is 3.81. The highest BCUT2D eigenvalue weighted by atomic mass is 16.3. The number of fused-ring (bicyclic) bond motifs is 1. The summed E-state index contributed by atoms with van der Waals surface area (Å²) in [5.74, 6) is 0.633. The number of hydrogen-bond donors (Lipinski definition) is 0. The van der Waals surface area contributed by atoms with Crippen molar-refractivity contribution in [2.45, 2.75) is 52.9 Å². The van der Waals surface area contributed by atoms with E-state index in [0.717, 1.165) is 55.4 Å². The molecule has 0 aliphatic heterocycles. The van der Waals surface area contributed by atoms with Crippen LogP contribution in [-0.2, 0) is 11.2 Å². The number of hydrogen-bond acceptors (Lipinski definition) is 3. The van der Waals surface area contributed by atoms with Crippen molar-refractivity contribution in [3.63, 3.8) is 0 Å². The van der Waals surface area contributed by atoms with Gasteiger partial charge in [-0.3, -0.25) is 4.79 Å². The first-order valence-corrected chi connectivity index (χ1v) is 8.28. The van der Waals surface area contributed by atoms with Crippen LogP contribution in [0.4, 0.5) is 0 Å². The normalized spacial score (nSPS) is 11.0. The molecule has 0 N–H and O–H groups in total. The van der Waals surface area contributed by atoms with Crippen molar-refractivity contribution in [3.8, 4) is 0 Å². The Morgan fingerprint density at radius 1 is 1.18 bits per heavy atom. The second-order valence-corrected chi connectivity index (χ2v) is 5.84. The molecule has 0 radical (unpaired) electrons. The molecule has 1 aromatic carbocycles. The van der Waals surface area contributed by atoms with Crippen LogP contribution in [0.5, 0.6) is 0 Å². The van der Waals surface area contributed by atoms with Crippen molar-refractivity contribution < 1.29 is 9.21 Å². The van der Waals surface area contributed by atoms with Crippen LogP contribution in [0.3, 0.4) is 0 Å². The Labute approximate surface area is 132 Å². The molecule has 0 saturated heterocycles. The molecule has 4 heteroatoms. The van der Waals surface area contributed by atoms with Crippen LogP contribution in [0.1, 0.15) is 51.0 Å². The average Bonchev–Trinajstić information content (AvgIpc) is 2.88. The van der Waals surface area contributed by atoms with Gasteiger partial charge >= 0.3 is 0 Å². The number of unbranched alkanes of at least 4 members (excludes halogenated alkanes) is 2. The monoisotopic (exact) mass is 302 g/mol. The summed E-state index contributed by atoms with van der Waals surface area (Å²) < 4.78 is 5.69. The van der Waals surface area contributed by atoms with E-state index < -0.39 is 0 Å². The van der Waals surface area contributed by atoms with Crippen LogP contribution in [0.2, 0.25) is 0 Å². The number of oxazole rings is 1. The summed E-state index contributed by atoms with van der Waals surface area (Å²) in [6, 6.07) is 5.89. The molecule has 120 valence electrons. The molecule has 0 bridgehead atoms. The van der Waals surface area contributed by atoms with Crippen LogP contribution in [0.25, 0.3) is 11.1 Å². The minimum Gasteiger partial charge on any atom is -0.440 e. The summed E-state index contributed by atoms with van der Waals surface area (Å²) in [6.45, 7) is 7.97. The standard InChI is InChI=1S/C18H26N2O2/c1-4-6-10-20(11-7-5-2)18(21)13-17-19-15-12-14(3)8-9-16(15)22-17/h8-9,12H,4-7,10-11,13H2,1-3H3. The van der Waals surface area contributed by atoms with E-state index in [9.17, 15) is 4.79 Å². The Morgan fingerprint density at radius 2 is 1.86 bits per heavy atom. The number of carbonyl (C=O) groups excluding carboxylic acids is 1. The van der Waals surface area contributed by atoms with Gasteiger partial charge in [0.1, 0.15) is 11.9 Å². The molecule has 2 rings (SSSR count). The van der Waals surface area contributed by atoms with Gasteiger partial charge in [-0.2, -0.15) is 0 Å². The minimum absolute atomic E-state index is 0.116. The lowest BCUT2D eigenvalue weighted by molar-refractivity contribution is -0.131. The van der Waals surface area contributed by atoms with Crippen LogP contribution in [-0.4, -0.2) is 28.9 Å². The third kappa shape index (κ3) is 4.33. The maximum Gasteiger partial charge on any atom is 0.231 e. The molecule has 22 heavy (non-hydrogen) atoms. The zero-order valence-corrected chi connectivity index (χ0v) is 13.9. The molecule has 2 aromatic rings. The zero-order chi connectivity index (χ0) is 15.9. The molecular formula is C18H26N2O2. The smallest absolute Gasteiger partial charge is 0.231 e. The first-order chi connectivity index (χ1) is 10.6. The summed E-state index contributed by atoms with van der Waals surface area (Å²) >= 11 is 0. The summed E-state index contributed by atoms with van der Waals surface area (Å²) in [7, 11) is 0. The van der Waals surface area contributed by atoms with Gasteiger partial charge in [-0.15, -0.1) is 0 Å². The first-order valence-electron chi connectivity index (χ1n) is 8.28. The van der Waals surface area contributed by atoms with Crippen molar-refractivity contribution in [1.29, 1.82) is 0 Å². The Hall–Kier alpha value is -1.84. The summed E-state index contributed by atoms with van der Waals surface area (Å²) in [4.78, 5) is 18.9. The number of amides is 1. The van der Waals surface area contributed by atoms with Crippen molar-refractivity contribution in [2.75, 3.05) is 13.1 Å². The molecule has 4 nitrogen and oxygen atoms in total. The Morgan fingerprint density at radius 3 is 2.50 bits per heavy atom. The SMILES string of the molecule is CCCCN(CCCC)C(=O)Cc1nc2cc(C)ccc2o1. The summed E-state index contributed by atoms with van der Waals surface area (Å²) in [5.41, 5.74) is 2.73. The molecule has 1 heterocycles. The molecule has 0 unspecified atom stereocenters. The van der Waals surface area contributed by atoms with E-state index in [1.165, 1.54) is 0 Å². The minimum atomic E-state index is 0.116. The largest absolute Gasteiger partial charge is 0.440 e. The maximum atomic E-state index is 12.5. The predicted molar refractivity (Wildman–Crippen MR) is 88.8 cm³/mol. The van der Waals surface area contributed by atoms with Crippen LogP contribution < -0.4 is 0 Å². The Bertz CT molecular complexity index is 611. The molecule has 0 aliphatic carbocycles. The molecular weight excluding hydrogens is 276 g/mol. The van der Waals surface area contributed by atoms with Gasteiger partial charge in [0.15, 0.2) is 5.58 Å². The summed E-state index contributed by atoms with van der Waals surface area (Å²) in [5, 5.41) is 0. The highest BCUT2D eigenvalue weighted by Crippen LogP contribution is 2.17. The fourth-order valence-electron chi connectivity index (χ4n) is 2.46. The fourth-order valence-corrected chi connectivity index (χ4v) is 2.46. The fraction of sp³-hybridized carbons (Fsp3) is 0.556. The van der Waals surface area contributed by atoms with E-state index in [2.05, 4.69) is 18.8 Å². The number of benzene rings is 1. The lowest BCUT2D eigenvalue weighted by Gasteiger charge is -2.21. The molecule has 0 atom stereocenters. The average molecular weight is 302 g/mol. The first kappa shape index (κ1) is 16.5. The van der Waals surface area contributed by atoms with E-state index in [1.807, 2.05) is 30.0 Å². The second kappa shape index (κ2) is 7.97. The van der Waals surface area contributed by atoms with Crippen molar-refractivity contribution in [2.24, 2.45) is 0 Å². The number of aryl methyl sites for hydroxylation is 1. The van der Waals surface area contributed by atoms with Crippen LogP contribution >= 0.6 is 0 Å². The van der Waals surface area contributed by atoms with Crippen LogP contribution in [0.15, 0.2) is 22.6 Å². The van der Waals surface area contributed by atoms with E-state index in [1.54, 1.807) is 0 Å². The van der Waals surface area contributed by atoms with E-state index in [4.69, 9.17) is 4.42 Å². The second-order valence-electron chi connectivity index (χ2n) is 5.84. The van der Waals surface area contributed by atoms with Gasteiger partial charge in [0, 0.05) is 13.1 Å². The van der Waals surface area contributed by atoms with Gasteiger partial charge < -0.3 is 9.32 Å². The van der Waals surface area contributed by atoms with Crippen molar-refractivity contribution in [1.82, 2.24) is 9.88 Å². The zero-order valence-electron chi connectivity index (χ0n) is 13.9. The number of rotatable bonds is 8. The third-order valence-corrected chi connectivity index (χ3v) is 3.81. The Balaban J connectivity index is 2.05. The number of carbonyl (C=O) groups is 1. The van der Waals surface area contributed by atoms with Crippen molar-refractivity contribution in [3.05, 3.63) is 29.7 Å². The van der Waals surface area contributed by atoms with Gasteiger partial charge in [0.05, 0.1) is 0 Å². The predicted octanol–water partition coefficient (Wildman–Crippen LogP) is 4.11. The van der Waals surface area contributed by atoms with Gasteiger partial charge in [0.2, 0.25) is 11.8 Å². The van der Waals surface area contributed by atoms with Gasteiger partial charge in [-0.25, -0.2) is 4.98 Å². The molecule has 0 aliphatic rings. The quantitative estimate of drug-likeness (QED) is 0.737. The van der Waals surface area contributed by atoms with E-state index in [-0.39, 0.29) is 12.3 Å². The maximum absolute atomic E-state index is 12.5. The number of nitrogens with zero attached hydrogens (tertiary/aromatic N) is 2. The highest BCUT2D eigenvalue weighted by Gasteiger charge is 2.16. The Kier molecular flexibility index (Phi) is 5.99. The van der Waals surface area contributed by atoms with E-state index >= 15 is 0 Å². The van der Waals surface area contributed by atoms with Gasteiger partial charge in [-0.1, -0.05) is 32.8 Å². The lowest BCUT2D eigenvalue weighted by atomic mass is 10.2. The number of aromatic nitrogens is 1. The van der Waals surface area contributed by atoms with Gasteiger partial charge in [0.25, 0.3) is 0 Å². The highest BCUT2D eigenvalue weighted by molar-refractivity contribution is 5.79. The lowest BCUT2D eigenvalue weighted by Crippen LogP contribution is -2.34. The molecule has 0 spiro atoms. The molecule has 1 aromatic heterocycles. The van der Waals surface area contributed by atoms with Crippen LogP contribution in [0, 0.1) is 6.92 Å². The molecule has 0 fully saturated rings. The molecule has 0 saturated carbocycles. The summed E-state index contributed by atoms with van der Waals surface area (Å²) in [6.07, 6.45) is 4.53. The van der Waals surface area contributed by atoms with E-state index in [0.29, 0.717) is 5.89 Å². The molecule has 1 amide bonds.